The molecular weight excluding hydrogens is 404 g/mol. The average molecular weight is 421 g/mol. The van der Waals surface area contributed by atoms with E-state index in [1.807, 2.05) is 18.4 Å². The summed E-state index contributed by atoms with van der Waals surface area (Å²) in [6.45, 7) is 1.93. The van der Waals surface area contributed by atoms with E-state index in [1.54, 1.807) is 31.4 Å². The summed E-state index contributed by atoms with van der Waals surface area (Å²) in [6, 6.07) is 8.91. The number of amides is 2. The molecule has 3 rings (SSSR count). The SMILES string of the molecule is COc1ccc(NC(=O)CSc2nnc(NC(=O)c3cc(C)cs3)s2)cc1. The normalized spacial score (nSPS) is 10.4. The molecule has 3 aromatic rings. The molecule has 140 valence electrons. The van der Waals surface area contributed by atoms with Crippen LogP contribution in [-0.2, 0) is 4.79 Å². The number of anilines is 2. The van der Waals surface area contributed by atoms with Crippen molar-refractivity contribution >= 4 is 57.1 Å². The highest BCUT2D eigenvalue weighted by atomic mass is 32.2. The zero-order valence-corrected chi connectivity index (χ0v) is 17.0. The van der Waals surface area contributed by atoms with Crippen LogP contribution in [0.5, 0.6) is 5.75 Å². The third-order valence-electron chi connectivity index (χ3n) is 3.28. The van der Waals surface area contributed by atoms with Gasteiger partial charge in [-0.05, 0) is 48.2 Å². The second-order valence-electron chi connectivity index (χ2n) is 5.38. The number of aromatic nitrogens is 2. The third kappa shape index (κ3) is 5.52. The van der Waals surface area contributed by atoms with Crippen molar-refractivity contribution in [1.29, 1.82) is 0 Å². The Bertz CT molecular complexity index is 937. The van der Waals surface area contributed by atoms with Crippen LogP contribution in [0.1, 0.15) is 15.2 Å². The quantitative estimate of drug-likeness (QED) is 0.445. The number of nitrogens with zero attached hydrogens (tertiary/aromatic N) is 2. The Hall–Kier alpha value is -2.43. The minimum atomic E-state index is -0.210. The number of thiophene rings is 1. The highest BCUT2D eigenvalue weighted by Gasteiger charge is 2.13. The van der Waals surface area contributed by atoms with Gasteiger partial charge in [-0.25, -0.2) is 0 Å². The van der Waals surface area contributed by atoms with Gasteiger partial charge in [0.15, 0.2) is 4.34 Å². The molecule has 7 nitrogen and oxygen atoms in total. The maximum atomic E-state index is 12.1. The van der Waals surface area contributed by atoms with Crippen LogP contribution in [-0.4, -0.2) is 34.9 Å². The summed E-state index contributed by atoms with van der Waals surface area (Å²) in [5.41, 5.74) is 1.74. The van der Waals surface area contributed by atoms with E-state index >= 15 is 0 Å². The van der Waals surface area contributed by atoms with Crippen molar-refractivity contribution < 1.29 is 14.3 Å². The first kappa shape index (κ1) is 19.3. The van der Waals surface area contributed by atoms with Crippen molar-refractivity contribution in [2.24, 2.45) is 0 Å². The first-order valence-electron chi connectivity index (χ1n) is 7.80. The van der Waals surface area contributed by atoms with Crippen LogP contribution in [0.25, 0.3) is 0 Å². The molecule has 0 aliphatic carbocycles. The molecule has 0 radical (unpaired) electrons. The fraction of sp³-hybridized carbons (Fsp3) is 0.176. The molecule has 0 saturated carbocycles. The molecule has 0 atom stereocenters. The van der Waals surface area contributed by atoms with Gasteiger partial charge in [0.25, 0.3) is 5.91 Å². The largest absolute Gasteiger partial charge is 0.497 e. The number of aryl methyl sites for hydroxylation is 1. The molecule has 2 N–H and O–H groups in total. The van der Waals surface area contributed by atoms with Crippen molar-refractivity contribution in [3.05, 3.63) is 46.2 Å². The molecule has 27 heavy (non-hydrogen) atoms. The van der Waals surface area contributed by atoms with Gasteiger partial charge in [-0.1, -0.05) is 23.1 Å². The van der Waals surface area contributed by atoms with E-state index in [2.05, 4.69) is 20.8 Å². The molecule has 0 aliphatic rings. The van der Waals surface area contributed by atoms with Crippen LogP contribution in [0.15, 0.2) is 40.1 Å². The summed E-state index contributed by atoms with van der Waals surface area (Å²) in [5.74, 6) is 0.556. The van der Waals surface area contributed by atoms with Crippen LogP contribution >= 0.6 is 34.4 Å². The van der Waals surface area contributed by atoms with E-state index in [-0.39, 0.29) is 17.6 Å². The minimum absolute atomic E-state index is 0.153. The average Bonchev–Trinajstić information content (AvgIpc) is 3.29. The number of carbonyl (C=O) groups is 2. The lowest BCUT2D eigenvalue weighted by atomic mass is 10.3. The highest BCUT2D eigenvalue weighted by Crippen LogP contribution is 2.26. The topological polar surface area (TPSA) is 93.2 Å². The van der Waals surface area contributed by atoms with Crippen LogP contribution in [0.2, 0.25) is 0 Å². The van der Waals surface area contributed by atoms with Gasteiger partial charge in [0.05, 0.1) is 17.7 Å². The molecule has 0 spiro atoms. The number of ether oxygens (including phenoxy) is 1. The second kappa shape index (κ2) is 8.98. The first-order valence-corrected chi connectivity index (χ1v) is 10.5. The number of methoxy groups -OCH3 is 1. The number of thioether (sulfide) groups is 1. The molecule has 2 aromatic heterocycles. The molecule has 2 amide bonds. The van der Waals surface area contributed by atoms with E-state index < -0.39 is 0 Å². The summed E-state index contributed by atoms with van der Waals surface area (Å²) in [6.07, 6.45) is 0. The molecular formula is C17H16N4O3S3. The zero-order valence-electron chi connectivity index (χ0n) is 14.5. The van der Waals surface area contributed by atoms with E-state index in [0.717, 1.165) is 11.3 Å². The van der Waals surface area contributed by atoms with E-state index in [1.165, 1.54) is 34.4 Å². The predicted molar refractivity (Wildman–Crippen MR) is 109 cm³/mol. The summed E-state index contributed by atoms with van der Waals surface area (Å²) in [4.78, 5) is 24.8. The lowest BCUT2D eigenvalue weighted by Gasteiger charge is -2.05. The van der Waals surface area contributed by atoms with Gasteiger partial charge in [0, 0.05) is 5.69 Å². The standard InChI is InChI=1S/C17H16N4O3S3/c1-10-7-13(25-8-10)15(23)19-16-20-21-17(27-16)26-9-14(22)18-11-3-5-12(24-2)6-4-11/h3-8H,9H2,1-2H3,(H,18,22)(H,19,20,23). The molecule has 0 fully saturated rings. The summed E-state index contributed by atoms with van der Waals surface area (Å²) >= 11 is 3.87. The van der Waals surface area contributed by atoms with Gasteiger partial charge in [-0.2, -0.15) is 0 Å². The van der Waals surface area contributed by atoms with Crippen LogP contribution < -0.4 is 15.4 Å². The predicted octanol–water partition coefficient (Wildman–Crippen LogP) is 3.90. The fourth-order valence-corrected chi connectivity index (χ4v) is 4.37. The van der Waals surface area contributed by atoms with Crippen molar-refractivity contribution in [1.82, 2.24) is 10.2 Å². The van der Waals surface area contributed by atoms with E-state index in [4.69, 9.17) is 4.74 Å². The Balaban J connectivity index is 1.48. The van der Waals surface area contributed by atoms with Gasteiger partial charge < -0.3 is 10.1 Å². The zero-order chi connectivity index (χ0) is 19.2. The van der Waals surface area contributed by atoms with Gasteiger partial charge >= 0.3 is 0 Å². The Morgan fingerprint density at radius 1 is 1.19 bits per heavy atom. The molecule has 0 unspecified atom stereocenters. The van der Waals surface area contributed by atoms with Crippen molar-refractivity contribution in [2.45, 2.75) is 11.3 Å². The van der Waals surface area contributed by atoms with Gasteiger partial charge in [-0.15, -0.1) is 21.5 Å². The first-order chi connectivity index (χ1) is 13.0. The Morgan fingerprint density at radius 2 is 1.96 bits per heavy atom. The number of benzene rings is 1. The van der Waals surface area contributed by atoms with E-state index in [0.29, 0.717) is 20.0 Å². The van der Waals surface area contributed by atoms with Gasteiger partial charge in [-0.3, -0.25) is 14.9 Å². The van der Waals surface area contributed by atoms with Crippen molar-refractivity contribution in [3.63, 3.8) is 0 Å². The fourth-order valence-electron chi connectivity index (χ4n) is 2.03. The van der Waals surface area contributed by atoms with Crippen LogP contribution in [0.3, 0.4) is 0 Å². The lowest BCUT2D eigenvalue weighted by molar-refractivity contribution is -0.113. The summed E-state index contributed by atoms with van der Waals surface area (Å²) < 4.78 is 5.69. The van der Waals surface area contributed by atoms with Crippen LogP contribution in [0, 0.1) is 6.92 Å². The summed E-state index contributed by atoms with van der Waals surface area (Å²) in [5, 5.41) is 15.8. The number of hydrogen-bond acceptors (Lipinski definition) is 8. The van der Waals surface area contributed by atoms with Crippen LogP contribution in [0.4, 0.5) is 10.8 Å². The Morgan fingerprint density at radius 3 is 2.63 bits per heavy atom. The van der Waals surface area contributed by atoms with Crippen molar-refractivity contribution in [3.8, 4) is 5.75 Å². The Kier molecular flexibility index (Phi) is 6.43. The molecule has 0 saturated heterocycles. The monoisotopic (exact) mass is 420 g/mol. The molecule has 10 heteroatoms. The summed E-state index contributed by atoms with van der Waals surface area (Å²) in [7, 11) is 1.59. The van der Waals surface area contributed by atoms with Gasteiger partial charge in [0.2, 0.25) is 11.0 Å². The molecule has 1 aromatic carbocycles. The molecule has 0 bridgehead atoms. The van der Waals surface area contributed by atoms with E-state index in [9.17, 15) is 9.59 Å². The second-order valence-corrected chi connectivity index (χ2v) is 8.49. The van der Waals surface area contributed by atoms with Gasteiger partial charge in [0.1, 0.15) is 5.75 Å². The van der Waals surface area contributed by atoms with Crippen molar-refractivity contribution in [2.75, 3.05) is 23.5 Å². The smallest absolute Gasteiger partial charge is 0.267 e. The maximum Gasteiger partial charge on any atom is 0.267 e. The number of rotatable bonds is 7. The number of carbonyl (C=O) groups excluding carboxylic acids is 2. The molecule has 0 aliphatic heterocycles. The highest BCUT2D eigenvalue weighted by molar-refractivity contribution is 8.01. The number of hydrogen-bond donors (Lipinski definition) is 2. The molecule has 2 heterocycles. The lowest BCUT2D eigenvalue weighted by Crippen LogP contribution is -2.13. The minimum Gasteiger partial charge on any atom is -0.497 e. The maximum absolute atomic E-state index is 12.1. The third-order valence-corrected chi connectivity index (χ3v) is 6.30. The Labute approximate surface area is 168 Å². The number of nitrogens with one attached hydrogen (secondary N) is 2.